The summed E-state index contributed by atoms with van der Waals surface area (Å²) in [7, 11) is 2.10. The third-order valence-electron chi connectivity index (χ3n) is 2.88. The predicted octanol–water partition coefficient (Wildman–Crippen LogP) is -0.112. The van der Waals surface area contributed by atoms with Gasteiger partial charge < -0.3 is 15.5 Å². The fourth-order valence-electron chi connectivity index (χ4n) is 2.15. The first kappa shape index (κ1) is 11.5. The van der Waals surface area contributed by atoms with E-state index in [0.717, 1.165) is 26.1 Å². The Morgan fingerprint density at radius 2 is 2.36 bits per heavy atom. The number of nitrogens with two attached hydrogens (primary N) is 1. The summed E-state index contributed by atoms with van der Waals surface area (Å²) in [6, 6.07) is 0.370. The molecule has 82 valence electrons. The first-order chi connectivity index (χ1) is 6.69. The molecule has 0 aliphatic carbocycles. The lowest BCUT2D eigenvalue weighted by Crippen LogP contribution is -2.50. The van der Waals surface area contributed by atoms with E-state index in [9.17, 15) is 4.79 Å². The lowest BCUT2D eigenvalue weighted by molar-refractivity contribution is -0.132. The summed E-state index contributed by atoms with van der Waals surface area (Å²) < 4.78 is 0. The van der Waals surface area contributed by atoms with Gasteiger partial charge in [-0.05, 0) is 33.4 Å². The van der Waals surface area contributed by atoms with E-state index in [4.69, 9.17) is 5.73 Å². The van der Waals surface area contributed by atoms with Gasteiger partial charge in [-0.25, -0.2) is 0 Å². The van der Waals surface area contributed by atoms with Gasteiger partial charge in [0.15, 0.2) is 0 Å². The Bertz CT molecular complexity index is 196. The Labute approximate surface area is 86.0 Å². The van der Waals surface area contributed by atoms with Crippen LogP contribution in [0, 0.1) is 0 Å². The van der Waals surface area contributed by atoms with Crippen LogP contribution in [-0.4, -0.2) is 55.0 Å². The van der Waals surface area contributed by atoms with Crippen LogP contribution in [0.3, 0.4) is 0 Å². The molecule has 1 atom stereocenters. The van der Waals surface area contributed by atoms with E-state index in [1.165, 1.54) is 6.42 Å². The minimum absolute atomic E-state index is 0.0767. The van der Waals surface area contributed by atoms with Crippen LogP contribution in [0.25, 0.3) is 0 Å². The molecule has 0 bridgehead atoms. The van der Waals surface area contributed by atoms with Gasteiger partial charge in [0.2, 0.25) is 5.91 Å². The number of piperidine rings is 1. The third kappa shape index (κ3) is 2.69. The minimum Gasteiger partial charge on any atom is -0.338 e. The van der Waals surface area contributed by atoms with Crippen molar-refractivity contribution in [1.82, 2.24) is 9.80 Å². The Kier molecular flexibility index (Phi) is 4.35. The van der Waals surface area contributed by atoms with Crippen molar-refractivity contribution in [2.45, 2.75) is 25.8 Å². The van der Waals surface area contributed by atoms with Gasteiger partial charge in [-0.2, -0.15) is 0 Å². The Hall–Kier alpha value is -0.610. The van der Waals surface area contributed by atoms with E-state index >= 15 is 0 Å². The predicted molar refractivity (Wildman–Crippen MR) is 57.0 cm³/mol. The second kappa shape index (κ2) is 5.32. The molecule has 1 amide bonds. The van der Waals surface area contributed by atoms with Crippen LogP contribution < -0.4 is 5.73 Å². The largest absolute Gasteiger partial charge is 0.338 e. The molecular weight excluding hydrogens is 178 g/mol. The first-order valence-electron chi connectivity index (χ1n) is 5.37. The van der Waals surface area contributed by atoms with Crippen molar-refractivity contribution in [3.63, 3.8) is 0 Å². The van der Waals surface area contributed by atoms with Gasteiger partial charge in [-0.15, -0.1) is 0 Å². The van der Waals surface area contributed by atoms with Crippen LogP contribution >= 0.6 is 0 Å². The maximum atomic E-state index is 11.5. The van der Waals surface area contributed by atoms with E-state index in [2.05, 4.69) is 11.9 Å². The SMILES string of the molecule is CCN(C(=O)CN)C1CCCN(C)C1. The molecule has 1 saturated heterocycles. The lowest BCUT2D eigenvalue weighted by atomic mass is 10.0. The summed E-state index contributed by atoms with van der Waals surface area (Å²) in [5.74, 6) is 0.0767. The number of rotatable bonds is 3. The van der Waals surface area contributed by atoms with Gasteiger partial charge in [0.05, 0.1) is 6.54 Å². The molecule has 1 aliphatic rings. The zero-order valence-corrected chi connectivity index (χ0v) is 9.20. The fraction of sp³-hybridized carbons (Fsp3) is 0.900. The van der Waals surface area contributed by atoms with Gasteiger partial charge in [-0.3, -0.25) is 4.79 Å². The molecule has 0 aromatic carbocycles. The highest BCUT2D eigenvalue weighted by Crippen LogP contribution is 2.14. The standard InChI is InChI=1S/C10H21N3O/c1-3-13(10(14)7-11)9-5-4-6-12(2)8-9/h9H,3-8,11H2,1-2H3. The smallest absolute Gasteiger partial charge is 0.236 e. The number of amides is 1. The summed E-state index contributed by atoms with van der Waals surface area (Å²) in [4.78, 5) is 15.7. The molecule has 1 heterocycles. The van der Waals surface area contributed by atoms with Crippen molar-refractivity contribution in [3.05, 3.63) is 0 Å². The van der Waals surface area contributed by atoms with Crippen molar-refractivity contribution in [3.8, 4) is 0 Å². The molecule has 4 heteroatoms. The molecule has 0 spiro atoms. The Morgan fingerprint density at radius 1 is 1.64 bits per heavy atom. The topological polar surface area (TPSA) is 49.6 Å². The van der Waals surface area contributed by atoms with Crippen LogP contribution in [-0.2, 0) is 4.79 Å². The number of nitrogens with zero attached hydrogens (tertiary/aromatic N) is 2. The monoisotopic (exact) mass is 199 g/mol. The summed E-state index contributed by atoms with van der Waals surface area (Å²) in [5, 5.41) is 0. The highest BCUT2D eigenvalue weighted by atomic mass is 16.2. The van der Waals surface area contributed by atoms with Crippen LogP contribution in [0.5, 0.6) is 0 Å². The molecule has 0 radical (unpaired) electrons. The number of hydrogen-bond acceptors (Lipinski definition) is 3. The molecule has 0 aromatic rings. The maximum Gasteiger partial charge on any atom is 0.236 e. The quantitative estimate of drug-likeness (QED) is 0.690. The van der Waals surface area contributed by atoms with Crippen LogP contribution in [0.1, 0.15) is 19.8 Å². The van der Waals surface area contributed by atoms with Gasteiger partial charge >= 0.3 is 0 Å². The number of likely N-dealkylation sites (tertiary alicyclic amines) is 1. The molecule has 4 nitrogen and oxygen atoms in total. The van der Waals surface area contributed by atoms with E-state index < -0.39 is 0 Å². The van der Waals surface area contributed by atoms with E-state index in [1.807, 2.05) is 11.8 Å². The molecule has 0 saturated carbocycles. The second-order valence-corrected chi connectivity index (χ2v) is 3.94. The number of carbonyl (C=O) groups is 1. The first-order valence-corrected chi connectivity index (χ1v) is 5.37. The molecule has 14 heavy (non-hydrogen) atoms. The molecule has 1 fully saturated rings. The summed E-state index contributed by atoms with van der Waals surface area (Å²) in [6.07, 6.45) is 2.29. The number of hydrogen-bond donors (Lipinski definition) is 1. The molecule has 1 unspecified atom stereocenters. The van der Waals surface area contributed by atoms with Gasteiger partial charge in [0, 0.05) is 19.1 Å². The summed E-state index contributed by atoms with van der Waals surface area (Å²) >= 11 is 0. The highest BCUT2D eigenvalue weighted by molar-refractivity contribution is 5.78. The van der Waals surface area contributed by atoms with E-state index in [-0.39, 0.29) is 12.5 Å². The average molecular weight is 199 g/mol. The molecule has 2 N–H and O–H groups in total. The van der Waals surface area contributed by atoms with Crippen molar-refractivity contribution >= 4 is 5.91 Å². The highest BCUT2D eigenvalue weighted by Gasteiger charge is 2.25. The number of carbonyl (C=O) groups excluding carboxylic acids is 1. The van der Waals surface area contributed by atoms with Crippen molar-refractivity contribution in [1.29, 1.82) is 0 Å². The fourth-order valence-corrected chi connectivity index (χ4v) is 2.15. The Balaban J connectivity index is 2.54. The average Bonchev–Trinajstić information content (AvgIpc) is 2.19. The summed E-state index contributed by atoms with van der Waals surface area (Å²) in [5.41, 5.74) is 5.39. The third-order valence-corrected chi connectivity index (χ3v) is 2.88. The molecule has 0 aromatic heterocycles. The van der Waals surface area contributed by atoms with Gasteiger partial charge in [0.1, 0.15) is 0 Å². The van der Waals surface area contributed by atoms with E-state index in [1.54, 1.807) is 0 Å². The van der Waals surface area contributed by atoms with Crippen LogP contribution in [0.15, 0.2) is 0 Å². The second-order valence-electron chi connectivity index (χ2n) is 3.94. The zero-order valence-electron chi connectivity index (χ0n) is 9.20. The van der Waals surface area contributed by atoms with Gasteiger partial charge in [-0.1, -0.05) is 0 Å². The van der Waals surface area contributed by atoms with E-state index in [0.29, 0.717) is 6.04 Å². The maximum absolute atomic E-state index is 11.5. The van der Waals surface area contributed by atoms with Crippen molar-refractivity contribution in [2.24, 2.45) is 5.73 Å². The molecule has 1 rings (SSSR count). The number of likely N-dealkylation sites (N-methyl/N-ethyl adjacent to an activating group) is 2. The Morgan fingerprint density at radius 3 is 2.86 bits per heavy atom. The minimum atomic E-state index is 0.0767. The normalized spacial score (nSPS) is 23.5. The lowest BCUT2D eigenvalue weighted by Gasteiger charge is -2.37. The molecular formula is C10H21N3O. The van der Waals surface area contributed by atoms with Crippen LogP contribution in [0.4, 0.5) is 0 Å². The van der Waals surface area contributed by atoms with Crippen LogP contribution in [0.2, 0.25) is 0 Å². The van der Waals surface area contributed by atoms with Crippen molar-refractivity contribution < 1.29 is 4.79 Å². The molecule has 1 aliphatic heterocycles. The van der Waals surface area contributed by atoms with Crippen molar-refractivity contribution in [2.75, 3.05) is 33.2 Å². The van der Waals surface area contributed by atoms with Gasteiger partial charge in [0.25, 0.3) is 0 Å². The zero-order chi connectivity index (χ0) is 10.6. The summed E-state index contributed by atoms with van der Waals surface area (Å²) in [6.45, 7) is 5.05.